The van der Waals surface area contributed by atoms with Gasteiger partial charge in [-0.3, -0.25) is 0 Å². The first-order chi connectivity index (χ1) is 25.4. The first-order valence-electron chi connectivity index (χ1n) is 19.5. The molecule has 7 heteroatoms. The van der Waals surface area contributed by atoms with Gasteiger partial charge in [-0.15, -0.1) is 22.7 Å². The van der Waals surface area contributed by atoms with Crippen LogP contribution >= 0.6 is 54.5 Å². The average Bonchev–Trinajstić information content (AvgIpc) is 3.82. The van der Waals surface area contributed by atoms with E-state index in [1.807, 2.05) is 0 Å². The van der Waals surface area contributed by atoms with Gasteiger partial charge in [0, 0.05) is 15.3 Å². The molecule has 0 saturated heterocycles. The summed E-state index contributed by atoms with van der Waals surface area (Å²) in [5.41, 5.74) is 9.47. The van der Waals surface area contributed by atoms with Gasteiger partial charge in [-0.2, -0.15) is 5.26 Å². The number of nitrogens with zero attached hydrogens (tertiary/aromatic N) is 1. The highest BCUT2D eigenvalue weighted by Crippen LogP contribution is 2.50. The maximum absolute atomic E-state index is 13.1. The Kier molecular flexibility index (Phi) is 16.3. The van der Waals surface area contributed by atoms with Gasteiger partial charge in [-0.25, -0.2) is 4.79 Å². The SMILES string of the molecule is CCCCCCCCCCc1cc(-c2ccc3c(c2)C(=C(C#N)C(=O)OC)c2cc(-c4cc(CCCCCCCCCC)c(Br)s4)ccc2-3)sc1Br. The fraction of sp³-hybridized carbons (Fsp3) is 0.467. The number of halogens is 2. The van der Waals surface area contributed by atoms with Crippen LogP contribution in [0.5, 0.6) is 0 Å². The molecule has 2 aromatic heterocycles. The van der Waals surface area contributed by atoms with Crippen LogP contribution < -0.4 is 0 Å². The summed E-state index contributed by atoms with van der Waals surface area (Å²) in [7, 11) is 1.35. The van der Waals surface area contributed by atoms with E-state index in [1.165, 1.54) is 138 Å². The van der Waals surface area contributed by atoms with E-state index < -0.39 is 5.97 Å². The third-order valence-corrected chi connectivity index (χ3v) is 14.3. The van der Waals surface area contributed by atoms with Crippen LogP contribution in [0.2, 0.25) is 0 Å². The van der Waals surface area contributed by atoms with E-state index in [4.69, 9.17) is 4.74 Å². The molecule has 0 radical (unpaired) electrons. The third-order valence-electron chi connectivity index (χ3n) is 10.3. The molecule has 276 valence electrons. The summed E-state index contributed by atoms with van der Waals surface area (Å²) in [4.78, 5) is 15.4. The van der Waals surface area contributed by atoms with Gasteiger partial charge in [-0.1, -0.05) is 128 Å². The number of rotatable bonds is 21. The second-order valence-electron chi connectivity index (χ2n) is 14.1. The molecule has 0 atom stereocenters. The van der Waals surface area contributed by atoms with Gasteiger partial charge >= 0.3 is 5.97 Å². The van der Waals surface area contributed by atoms with Crippen molar-refractivity contribution >= 4 is 66.1 Å². The van der Waals surface area contributed by atoms with Gasteiger partial charge in [0.25, 0.3) is 0 Å². The second-order valence-corrected chi connectivity index (χ2v) is 18.9. The van der Waals surface area contributed by atoms with Crippen molar-refractivity contribution in [2.45, 2.75) is 129 Å². The summed E-state index contributed by atoms with van der Waals surface area (Å²) in [6.45, 7) is 4.54. The highest BCUT2D eigenvalue weighted by atomic mass is 79.9. The Labute approximate surface area is 337 Å². The zero-order valence-electron chi connectivity index (χ0n) is 31.2. The largest absolute Gasteiger partial charge is 0.465 e. The highest BCUT2D eigenvalue weighted by Gasteiger charge is 2.30. The molecule has 0 bridgehead atoms. The van der Waals surface area contributed by atoms with E-state index in [0.717, 1.165) is 46.2 Å². The van der Waals surface area contributed by atoms with Gasteiger partial charge in [0.2, 0.25) is 0 Å². The van der Waals surface area contributed by atoms with Crippen molar-refractivity contribution in [2.24, 2.45) is 0 Å². The average molecular weight is 864 g/mol. The third kappa shape index (κ3) is 10.4. The summed E-state index contributed by atoms with van der Waals surface area (Å²) in [6, 6.07) is 19.8. The number of aryl methyl sites for hydroxylation is 2. The van der Waals surface area contributed by atoms with Crippen LogP contribution in [0.3, 0.4) is 0 Å². The number of unbranched alkanes of at least 4 members (excludes halogenated alkanes) is 14. The van der Waals surface area contributed by atoms with Crippen LogP contribution in [-0.2, 0) is 22.4 Å². The van der Waals surface area contributed by atoms with Crippen LogP contribution in [0.4, 0.5) is 0 Å². The van der Waals surface area contributed by atoms with Crippen LogP contribution in [0.15, 0.2) is 61.7 Å². The summed E-state index contributed by atoms with van der Waals surface area (Å²) in [6.07, 6.45) is 23.1. The molecule has 4 aromatic rings. The molecule has 3 nitrogen and oxygen atoms in total. The maximum atomic E-state index is 13.1. The molecular weight excluding hydrogens is 810 g/mol. The Bertz CT molecular complexity index is 1760. The Morgan fingerprint density at radius 3 is 1.40 bits per heavy atom. The fourth-order valence-corrected chi connectivity index (χ4v) is 10.9. The van der Waals surface area contributed by atoms with Crippen molar-refractivity contribution in [3.63, 3.8) is 0 Å². The molecule has 5 rings (SSSR count). The standard InChI is InChI=1S/C45H53Br2NO2S2/c1-4-6-8-10-12-14-16-18-20-33-28-40(51-43(33)46)31-22-24-35-36-25-23-32(27-38(36)42(37(35)26-31)39(30-48)45(49)50-3)41-29-34(44(47)52-41)21-19-17-15-13-11-9-7-5-2/h22-29H,4-21H2,1-3H3. The molecule has 0 unspecified atom stereocenters. The number of nitriles is 1. The van der Waals surface area contributed by atoms with Crippen molar-refractivity contribution in [2.75, 3.05) is 7.11 Å². The lowest BCUT2D eigenvalue weighted by Crippen LogP contribution is -2.06. The lowest BCUT2D eigenvalue weighted by Gasteiger charge is -2.08. The number of methoxy groups -OCH3 is 1. The van der Waals surface area contributed by atoms with Gasteiger partial charge in [0.1, 0.15) is 11.6 Å². The van der Waals surface area contributed by atoms with Crippen molar-refractivity contribution in [3.05, 3.63) is 83.9 Å². The number of thiophene rings is 2. The van der Waals surface area contributed by atoms with E-state index >= 15 is 0 Å². The molecule has 1 aliphatic carbocycles. The number of carbonyl (C=O) groups is 1. The molecule has 2 heterocycles. The van der Waals surface area contributed by atoms with Crippen LogP contribution in [0, 0.1) is 11.3 Å². The van der Waals surface area contributed by atoms with E-state index in [-0.39, 0.29) is 5.57 Å². The van der Waals surface area contributed by atoms with Crippen molar-refractivity contribution in [1.82, 2.24) is 0 Å². The van der Waals surface area contributed by atoms with Gasteiger partial charge in [0.15, 0.2) is 0 Å². The molecule has 0 fully saturated rings. The van der Waals surface area contributed by atoms with E-state index in [9.17, 15) is 10.1 Å². The van der Waals surface area contributed by atoms with Crippen molar-refractivity contribution in [3.8, 4) is 38.1 Å². The predicted molar refractivity (Wildman–Crippen MR) is 230 cm³/mol. The molecule has 2 aromatic carbocycles. The maximum Gasteiger partial charge on any atom is 0.349 e. The van der Waals surface area contributed by atoms with Crippen molar-refractivity contribution in [1.29, 1.82) is 5.26 Å². The zero-order chi connectivity index (χ0) is 36.9. The zero-order valence-corrected chi connectivity index (χ0v) is 36.0. The Morgan fingerprint density at radius 2 is 1.02 bits per heavy atom. The Balaban J connectivity index is 1.35. The Hall–Kier alpha value is -2.50. The van der Waals surface area contributed by atoms with Crippen LogP contribution in [0.25, 0.3) is 37.6 Å². The molecular formula is C45H53Br2NO2S2. The first kappa shape index (κ1) is 40.7. The minimum absolute atomic E-state index is 0.0438. The number of fused-ring (bicyclic) bond motifs is 3. The lowest BCUT2D eigenvalue weighted by atomic mass is 9.95. The topological polar surface area (TPSA) is 50.1 Å². The first-order valence-corrected chi connectivity index (χ1v) is 22.7. The molecule has 52 heavy (non-hydrogen) atoms. The number of ether oxygens (including phenoxy) is 1. The molecule has 0 saturated carbocycles. The fourth-order valence-electron chi connectivity index (χ4n) is 7.34. The summed E-state index contributed by atoms with van der Waals surface area (Å²) >= 11 is 11.2. The number of benzene rings is 2. The number of hydrogen-bond acceptors (Lipinski definition) is 5. The summed E-state index contributed by atoms with van der Waals surface area (Å²) in [5.74, 6) is -0.606. The summed E-state index contributed by atoms with van der Waals surface area (Å²) in [5, 5.41) is 10.3. The number of carbonyl (C=O) groups excluding carboxylic acids is 1. The molecule has 0 N–H and O–H groups in total. The van der Waals surface area contributed by atoms with Gasteiger partial charge < -0.3 is 4.74 Å². The van der Waals surface area contributed by atoms with E-state index in [0.29, 0.717) is 5.57 Å². The van der Waals surface area contributed by atoms with E-state index in [2.05, 4.69) is 100 Å². The second kappa shape index (κ2) is 20.8. The smallest absolute Gasteiger partial charge is 0.349 e. The molecule has 0 spiro atoms. The molecule has 0 aliphatic heterocycles. The van der Waals surface area contributed by atoms with Gasteiger partial charge in [-0.05, 0) is 126 Å². The minimum atomic E-state index is -0.606. The molecule has 1 aliphatic rings. The van der Waals surface area contributed by atoms with E-state index in [1.54, 1.807) is 22.7 Å². The molecule has 0 amide bonds. The minimum Gasteiger partial charge on any atom is -0.465 e. The van der Waals surface area contributed by atoms with Gasteiger partial charge in [0.05, 0.1) is 14.7 Å². The monoisotopic (exact) mass is 861 g/mol. The summed E-state index contributed by atoms with van der Waals surface area (Å²) < 4.78 is 7.52. The quantitative estimate of drug-likeness (QED) is 0.0320. The highest BCUT2D eigenvalue weighted by molar-refractivity contribution is 9.11. The lowest BCUT2D eigenvalue weighted by molar-refractivity contribution is -0.135. The predicted octanol–water partition coefficient (Wildman–Crippen LogP) is 15.5. The van der Waals surface area contributed by atoms with Crippen molar-refractivity contribution < 1.29 is 9.53 Å². The van der Waals surface area contributed by atoms with Crippen LogP contribution in [0.1, 0.15) is 139 Å². The number of hydrogen-bond donors (Lipinski definition) is 0. The Morgan fingerprint density at radius 1 is 0.615 bits per heavy atom. The normalized spacial score (nSPS) is 11.8. The number of esters is 1. The van der Waals surface area contributed by atoms with Crippen LogP contribution in [-0.4, -0.2) is 13.1 Å².